The number of halogens is 1. The second kappa shape index (κ2) is 6.61. The summed E-state index contributed by atoms with van der Waals surface area (Å²) in [5.41, 5.74) is 1.27. The minimum atomic E-state index is -0.286. The molecule has 2 heteroatoms. The summed E-state index contributed by atoms with van der Waals surface area (Å²) >= 11 is 0. The van der Waals surface area contributed by atoms with Gasteiger partial charge < -0.3 is 4.74 Å². The van der Waals surface area contributed by atoms with Gasteiger partial charge in [0.25, 0.3) is 0 Å². The Bertz CT molecular complexity index is 211. The minimum absolute atomic E-state index is 0.286. The molecule has 0 unspecified atom stereocenters. The van der Waals surface area contributed by atoms with Crippen LogP contribution in [-0.2, 0) is 11.2 Å². The smallest absolute Gasteiger partial charge is 0.0916 e. The molecule has 0 saturated heterocycles. The zero-order valence-electron chi connectivity index (χ0n) is 7.71. The highest BCUT2D eigenvalue weighted by Gasteiger charge is 1.91. The van der Waals surface area contributed by atoms with E-state index in [1.165, 1.54) is 5.56 Å². The lowest BCUT2D eigenvalue weighted by Gasteiger charge is -2.02. The maximum absolute atomic E-state index is 11.7. The maximum atomic E-state index is 11.7. The Morgan fingerprint density at radius 1 is 1.08 bits per heavy atom. The highest BCUT2D eigenvalue weighted by molar-refractivity contribution is 5.14. The van der Waals surface area contributed by atoms with Crippen molar-refractivity contribution in [3.8, 4) is 0 Å². The van der Waals surface area contributed by atoms with Crippen LogP contribution in [0.3, 0.4) is 0 Å². The summed E-state index contributed by atoms with van der Waals surface area (Å²) in [4.78, 5) is 0. The third-order valence-corrected chi connectivity index (χ3v) is 1.80. The average molecular weight is 182 g/mol. The molecule has 72 valence electrons. The molecule has 0 radical (unpaired) electrons. The van der Waals surface area contributed by atoms with Crippen molar-refractivity contribution in [3.63, 3.8) is 0 Å². The molecule has 1 rings (SSSR count). The Morgan fingerprint density at radius 2 is 1.85 bits per heavy atom. The van der Waals surface area contributed by atoms with E-state index in [1.54, 1.807) is 0 Å². The van der Waals surface area contributed by atoms with E-state index >= 15 is 0 Å². The fraction of sp³-hybridized carbons (Fsp3) is 0.455. The van der Waals surface area contributed by atoms with Gasteiger partial charge in [-0.3, -0.25) is 4.39 Å². The summed E-state index contributed by atoms with van der Waals surface area (Å²) in [7, 11) is 0. The molecule has 0 N–H and O–H groups in total. The Balaban J connectivity index is 2.07. The molecule has 1 aromatic rings. The third-order valence-electron chi connectivity index (χ3n) is 1.80. The van der Waals surface area contributed by atoms with Crippen LogP contribution in [0, 0.1) is 0 Å². The van der Waals surface area contributed by atoms with Gasteiger partial charge >= 0.3 is 0 Å². The molecule has 1 aromatic carbocycles. The van der Waals surface area contributed by atoms with Gasteiger partial charge in [-0.25, -0.2) is 0 Å². The Hall–Kier alpha value is -0.890. The van der Waals surface area contributed by atoms with Crippen molar-refractivity contribution in [2.24, 2.45) is 0 Å². The lowest BCUT2D eigenvalue weighted by Crippen LogP contribution is -2.00. The number of alkyl halides is 1. The van der Waals surface area contributed by atoms with Gasteiger partial charge in [-0.2, -0.15) is 0 Å². The van der Waals surface area contributed by atoms with Crippen molar-refractivity contribution in [2.75, 3.05) is 19.9 Å². The first-order valence-electron chi connectivity index (χ1n) is 4.61. The molecular formula is C11H15FO. The molecule has 0 fully saturated rings. The average Bonchev–Trinajstić information content (AvgIpc) is 2.19. The van der Waals surface area contributed by atoms with Crippen LogP contribution in [0.1, 0.15) is 12.0 Å². The van der Waals surface area contributed by atoms with E-state index in [9.17, 15) is 4.39 Å². The molecule has 0 amide bonds. The highest BCUT2D eigenvalue weighted by atomic mass is 19.1. The van der Waals surface area contributed by atoms with Gasteiger partial charge in [0.15, 0.2) is 0 Å². The van der Waals surface area contributed by atoms with Gasteiger partial charge in [0.05, 0.1) is 13.3 Å². The predicted octanol–water partition coefficient (Wildman–Crippen LogP) is 2.61. The van der Waals surface area contributed by atoms with E-state index in [4.69, 9.17) is 4.74 Å². The maximum Gasteiger partial charge on any atom is 0.0916 e. The fourth-order valence-corrected chi connectivity index (χ4v) is 1.09. The van der Waals surface area contributed by atoms with Gasteiger partial charge in [-0.05, 0) is 18.4 Å². The summed E-state index contributed by atoms with van der Waals surface area (Å²) in [6.07, 6.45) is 1.42. The van der Waals surface area contributed by atoms with Crippen molar-refractivity contribution in [1.29, 1.82) is 0 Å². The SMILES string of the molecule is FCCCOCCc1ccccc1. The Kier molecular flexibility index (Phi) is 5.18. The van der Waals surface area contributed by atoms with E-state index in [2.05, 4.69) is 12.1 Å². The first-order chi connectivity index (χ1) is 6.43. The number of ether oxygens (including phenoxy) is 1. The number of hydrogen-bond acceptors (Lipinski definition) is 1. The summed E-state index contributed by atoms with van der Waals surface area (Å²) < 4.78 is 16.9. The zero-order chi connectivity index (χ0) is 9.36. The van der Waals surface area contributed by atoms with Gasteiger partial charge in [-0.15, -0.1) is 0 Å². The lowest BCUT2D eigenvalue weighted by molar-refractivity contribution is 0.129. The van der Waals surface area contributed by atoms with Crippen LogP contribution < -0.4 is 0 Å². The molecular weight excluding hydrogens is 167 g/mol. The largest absolute Gasteiger partial charge is 0.381 e. The fourth-order valence-electron chi connectivity index (χ4n) is 1.09. The van der Waals surface area contributed by atoms with Crippen molar-refractivity contribution < 1.29 is 9.13 Å². The molecule has 0 aliphatic carbocycles. The third kappa shape index (κ3) is 4.63. The highest BCUT2D eigenvalue weighted by Crippen LogP contribution is 1.99. The minimum Gasteiger partial charge on any atom is -0.381 e. The number of benzene rings is 1. The molecule has 0 bridgehead atoms. The molecule has 0 aromatic heterocycles. The summed E-state index contributed by atoms with van der Waals surface area (Å²) in [5.74, 6) is 0. The summed E-state index contributed by atoms with van der Waals surface area (Å²) in [5, 5.41) is 0. The quantitative estimate of drug-likeness (QED) is 0.614. The lowest BCUT2D eigenvalue weighted by atomic mass is 10.2. The van der Waals surface area contributed by atoms with Crippen LogP contribution in [0.4, 0.5) is 4.39 Å². The molecule has 0 saturated carbocycles. The van der Waals surface area contributed by atoms with E-state index in [0.717, 1.165) is 6.42 Å². The van der Waals surface area contributed by atoms with Crippen LogP contribution in [0.15, 0.2) is 30.3 Å². The monoisotopic (exact) mass is 182 g/mol. The van der Waals surface area contributed by atoms with Gasteiger partial charge in [0.2, 0.25) is 0 Å². The molecule has 1 nitrogen and oxygen atoms in total. The standard InChI is InChI=1S/C11H15FO/c12-8-4-9-13-10-7-11-5-2-1-3-6-11/h1-3,5-6H,4,7-10H2. The second-order valence-corrected chi connectivity index (χ2v) is 2.89. The number of hydrogen-bond donors (Lipinski definition) is 0. The zero-order valence-corrected chi connectivity index (χ0v) is 7.71. The Labute approximate surface area is 78.5 Å². The van der Waals surface area contributed by atoms with Crippen LogP contribution >= 0.6 is 0 Å². The van der Waals surface area contributed by atoms with Crippen LogP contribution in [0.5, 0.6) is 0 Å². The molecule has 0 atom stereocenters. The van der Waals surface area contributed by atoms with Crippen LogP contribution in [0.25, 0.3) is 0 Å². The van der Waals surface area contributed by atoms with Gasteiger partial charge in [0, 0.05) is 6.61 Å². The second-order valence-electron chi connectivity index (χ2n) is 2.89. The van der Waals surface area contributed by atoms with Crippen molar-refractivity contribution in [2.45, 2.75) is 12.8 Å². The van der Waals surface area contributed by atoms with E-state index in [1.807, 2.05) is 18.2 Å². The van der Waals surface area contributed by atoms with Crippen LogP contribution in [-0.4, -0.2) is 19.9 Å². The van der Waals surface area contributed by atoms with E-state index in [0.29, 0.717) is 19.6 Å². The molecule has 0 spiro atoms. The summed E-state index contributed by atoms with van der Waals surface area (Å²) in [6, 6.07) is 10.2. The van der Waals surface area contributed by atoms with E-state index < -0.39 is 0 Å². The first kappa shape index (κ1) is 10.2. The van der Waals surface area contributed by atoms with Crippen molar-refractivity contribution in [3.05, 3.63) is 35.9 Å². The topological polar surface area (TPSA) is 9.23 Å². The molecule has 0 aliphatic rings. The molecule has 13 heavy (non-hydrogen) atoms. The Morgan fingerprint density at radius 3 is 2.54 bits per heavy atom. The molecule has 0 heterocycles. The van der Waals surface area contributed by atoms with Gasteiger partial charge in [-0.1, -0.05) is 30.3 Å². The van der Waals surface area contributed by atoms with Crippen molar-refractivity contribution in [1.82, 2.24) is 0 Å². The van der Waals surface area contributed by atoms with Crippen LogP contribution in [0.2, 0.25) is 0 Å². The number of rotatable bonds is 6. The van der Waals surface area contributed by atoms with Gasteiger partial charge in [0.1, 0.15) is 0 Å². The van der Waals surface area contributed by atoms with Crippen molar-refractivity contribution >= 4 is 0 Å². The molecule has 0 aliphatic heterocycles. The van der Waals surface area contributed by atoms with E-state index in [-0.39, 0.29) is 6.67 Å². The summed E-state index contributed by atoms with van der Waals surface area (Å²) in [6.45, 7) is 0.929. The predicted molar refractivity (Wildman–Crippen MR) is 51.6 cm³/mol. The first-order valence-corrected chi connectivity index (χ1v) is 4.61. The normalized spacial score (nSPS) is 10.2.